The molecule has 0 radical (unpaired) electrons. The van der Waals surface area contributed by atoms with Gasteiger partial charge in [-0.3, -0.25) is 0 Å². The third-order valence-corrected chi connectivity index (χ3v) is 4.40. The first-order valence-electron chi connectivity index (χ1n) is 8.68. The van der Waals surface area contributed by atoms with Crippen LogP contribution in [0, 0.1) is 0 Å². The summed E-state index contributed by atoms with van der Waals surface area (Å²) in [6, 6.07) is 12.9. The molecule has 2 amide bonds. The minimum absolute atomic E-state index is 0.0233. The van der Waals surface area contributed by atoms with Gasteiger partial charge < -0.3 is 24.5 Å². The number of carbonyl (C=O) groups is 1. The van der Waals surface area contributed by atoms with Crippen LogP contribution in [0.3, 0.4) is 0 Å². The fraction of sp³-hybridized carbons (Fsp3) is 0.421. The summed E-state index contributed by atoms with van der Waals surface area (Å²) in [6.07, 6.45) is 3.19. The standard InChI is InChI=1S/C19H24N2O4/c22-17(18-9-5-12-25-18)14-15-6-4-11-21(15)19(23)20-10-13-24-16-7-2-1-3-8-16/h1-3,5,7-9,12,15,17,22H,4,6,10-11,13-14H2,(H,20,23). The first-order valence-corrected chi connectivity index (χ1v) is 8.68. The highest BCUT2D eigenvalue weighted by Crippen LogP contribution is 2.27. The number of para-hydroxylation sites is 1. The second-order valence-corrected chi connectivity index (χ2v) is 6.15. The highest BCUT2D eigenvalue weighted by molar-refractivity contribution is 5.74. The van der Waals surface area contributed by atoms with Gasteiger partial charge in [-0.2, -0.15) is 0 Å². The topological polar surface area (TPSA) is 74.9 Å². The van der Waals surface area contributed by atoms with Gasteiger partial charge in [0.25, 0.3) is 0 Å². The number of furan rings is 1. The maximum atomic E-state index is 12.4. The van der Waals surface area contributed by atoms with E-state index in [-0.39, 0.29) is 12.1 Å². The van der Waals surface area contributed by atoms with Crippen molar-refractivity contribution in [2.75, 3.05) is 19.7 Å². The Morgan fingerprint density at radius 3 is 2.92 bits per heavy atom. The summed E-state index contributed by atoms with van der Waals surface area (Å²) >= 11 is 0. The summed E-state index contributed by atoms with van der Waals surface area (Å²) < 4.78 is 10.8. The van der Waals surface area contributed by atoms with Gasteiger partial charge in [-0.25, -0.2) is 4.79 Å². The van der Waals surface area contributed by atoms with E-state index in [9.17, 15) is 9.90 Å². The smallest absolute Gasteiger partial charge is 0.317 e. The number of nitrogens with one attached hydrogen (secondary N) is 1. The number of rotatable bonds is 7. The molecule has 2 unspecified atom stereocenters. The maximum Gasteiger partial charge on any atom is 0.317 e. The highest BCUT2D eigenvalue weighted by Gasteiger charge is 2.31. The Kier molecular flexibility index (Phi) is 5.95. The van der Waals surface area contributed by atoms with E-state index in [0.717, 1.165) is 18.6 Å². The number of nitrogens with zero attached hydrogens (tertiary/aromatic N) is 1. The molecule has 1 aromatic heterocycles. The van der Waals surface area contributed by atoms with Crippen molar-refractivity contribution in [3.05, 3.63) is 54.5 Å². The van der Waals surface area contributed by atoms with Gasteiger partial charge in [-0.05, 0) is 37.1 Å². The summed E-state index contributed by atoms with van der Waals surface area (Å²) in [5.41, 5.74) is 0. The number of aliphatic hydroxyl groups is 1. The molecule has 25 heavy (non-hydrogen) atoms. The van der Waals surface area contributed by atoms with Crippen molar-refractivity contribution in [3.8, 4) is 5.75 Å². The van der Waals surface area contributed by atoms with Crippen molar-refractivity contribution < 1.29 is 19.1 Å². The second-order valence-electron chi connectivity index (χ2n) is 6.15. The van der Waals surface area contributed by atoms with Crippen LogP contribution in [0.4, 0.5) is 4.79 Å². The van der Waals surface area contributed by atoms with Gasteiger partial charge in [0.15, 0.2) is 0 Å². The van der Waals surface area contributed by atoms with Crippen molar-refractivity contribution in [1.82, 2.24) is 10.2 Å². The van der Waals surface area contributed by atoms with E-state index in [4.69, 9.17) is 9.15 Å². The monoisotopic (exact) mass is 344 g/mol. The molecular formula is C19H24N2O4. The normalized spacial score (nSPS) is 18.1. The fourth-order valence-corrected chi connectivity index (χ4v) is 3.15. The van der Waals surface area contributed by atoms with Crippen LogP contribution in [0.15, 0.2) is 53.1 Å². The summed E-state index contributed by atoms with van der Waals surface area (Å²) in [4.78, 5) is 14.2. The molecule has 2 aromatic rings. The zero-order valence-corrected chi connectivity index (χ0v) is 14.1. The fourth-order valence-electron chi connectivity index (χ4n) is 3.15. The number of aliphatic hydroxyl groups excluding tert-OH is 1. The molecule has 134 valence electrons. The Hall–Kier alpha value is -2.47. The lowest BCUT2D eigenvalue weighted by molar-refractivity contribution is 0.107. The first-order chi connectivity index (χ1) is 12.2. The zero-order chi connectivity index (χ0) is 17.5. The Morgan fingerprint density at radius 2 is 2.16 bits per heavy atom. The molecule has 6 nitrogen and oxygen atoms in total. The number of hydrogen-bond acceptors (Lipinski definition) is 4. The van der Waals surface area contributed by atoms with Crippen LogP contribution in [0.1, 0.15) is 31.1 Å². The molecule has 0 saturated carbocycles. The van der Waals surface area contributed by atoms with Crippen LogP contribution in [0.5, 0.6) is 5.75 Å². The molecule has 1 fully saturated rings. The van der Waals surface area contributed by atoms with Crippen molar-refractivity contribution in [2.45, 2.75) is 31.4 Å². The predicted molar refractivity (Wildman–Crippen MR) is 93.3 cm³/mol. The largest absolute Gasteiger partial charge is 0.492 e. The molecule has 0 aliphatic carbocycles. The molecule has 1 saturated heterocycles. The molecular weight excluding hydrogens is 320 g/mol. The number of amides is 2. The van der Waals surface area contributed by atoms with E-state index in [2.05, 4.69) is 5.32 Å². The van der Waals surface area contributed by atoms with Crippen LogP contribution in [0.25, 0.3) is 0 Å². The Labute approximate surface area is 147 Å². The summed E-state index contributed by atoms with van der Waals surface area (Å²) in [7, 11) is 0. The van der Waals surface area contributed by atoms with E-state index in [1.165, 1.54) is 0 Å². The average molecular weight is 344 g/mol. The molecule has 2 atom stereocenters. The minimum Gasteiger partial charge on any atom is -0.492 e. The van der Waals surface area contributed by atoms with Gasteiger partial charge in [0.05, 0.1) is 12.8 Å². The zero-order valence-electron chi connectivity index (χ0n) is 14.1. The van der Waals surface area contributed by atoms with Crippen LogP contribution in [-0.2, 0) is 0 Å². The molecule has 2 heterocycles. The third kappa shape index (κ3) is 4.76. The van der Waals surface area contributed by atoms with Crippen LogP contribution < -0.4 is 10.1 Å². The Bertz CT molecular complexity index is 645. The molecule has 1 aromatic carbocycles. The molecule has 0 bridgehead atoms. The van der Waals surface area contributed by atoms with Crippen molar-refractivity contribution in [2.24, 2.45) is 0 Å². The summed E-state index contributed by atoms with van der Waals surface area (Å²) in [6.45, 7) is 1.57. The van der Waals surface area contributed by atoms with E-state index in [1.807, 2.05) is 30.3 Å². The SMILES string of the molecule is O=C(NCCOc1ccccc1)N1CCCC1CC(O)c1ccco1. The van der Waals surface area contributed by atoms with E-state index in [1.54, 1.807) is 23.3 Å². The van der Waals surface area contributed by atoms with E-state index >= 15 is 0 Å². The quantitative estimate of drug-likeness (QED) is 0.757. The third-order valence-electron chi connectivity index (χ3n) is 4.40. The van der Waals surface area contributed by atoms with Crippen LogP contribution in [0.2, 0.25) is 0 Å². The number of carbonyl (C=O) groups excluding carboxylic acids is 1. The average Bonchev–Trinajstić information content (AvgIpc) is 3.31. The first kappa shape index (κ1) is 17.4. The lowest BCUT2D eigenvalue weighted by Gasteiger charge is -2.26. The molecule has 3 rings (SSSR count). The Balaban J connectivity index is 1.42. The van der Waals surface area contributed by atoms with E-state index in [0.29, 0.717) is 31.9 Å². The van der Waals surface area contributed by atoms with Crippen LogP contribution >= 0.6 is 0 Å². The molecule has 1 aliphatic heterocycles. The molecule has 1 aliphatic rings. The van der Waals surface area contributed by atoms with Gasteiger partial charge in [-0.1, -0.05) is 18.2 Å². The highest BCUT2D eigenvalue weighted by atomic mass is 16.5. The number of hydrogen-bond donors (Lipinski definition) is 2. The lowest BCUT2D eigenvalue weighted by atomic mass is 10.1. The van der Waals surface area contributed by atoms with Gasteiger partial charge in [-0.15, -0.1) is 0 Å². The van der Waals surface area contributed by atoms with Gasteiger partial charge >= 0.3 is 6.03 Å². The number of likely N-dealkylation sites (tertiary alicyclic amines) is 1. The van der Waals surface area contributed by atoms with Crippen molar-refractivity contribution >= 4 is 6.03 Å². The number of ether oxygens (including phenoxy) is 1. The maximum absolute atomic E-state index is 12.4. The Morgan fingerprint density at radius 1 is 1.32 bits per heavy atom. The summed E-state index contributed by atoms with van der Waals surface area (Å²) in [5.74, 6) is 1.33. The number of urea groups is 1. The molecule has 2 N–H and O–H groups in total. The summed E-state index contributed by atoms with van der Waals surface area (Å²) in [5, 5.41) is 13.1. The second kappa shape index (κ2) is 8.58. The van der Waals surface area contributed by atoms with Crippen LogP contribution in [-0.4, -0.2) is 41.8 Å². The minimum atomic E-state index is -0.685. The molecule has 0 spiro atoms. The van der Waals surface area contributed by atoms with Crippen molar-refractivity contribution in [1.29, 1.82) is 0 Å². The van der Waals surface area contributed by atoms with Gasteiger partial charge in [0.2, 0.25) is 0 Å². The molecule has 6 heteroatoms. The van der Waals surface area contributed by atoms with Gasteiger partial charge in [0.1, 0.15) is 24.2 Å². The van der Waals surface area contributed by atoms with E-state index < -0.39 is 6.10 Å². The van der Waals surface area contributed by atoms with Crippen molar-refractivity contribution in [3.63, 3.8) is 0 Å². The lowest BCUT2D eigenvalue weighted by Crippen LogP contribution is -2.44. The van der Waals surface area contributed by atoms with Gasteiger partial charge in [0, 0.05) is 19.0 Å². The predicted octanol–water partition coefficient (Wildman–Crippen LogP) is 2.96. The number of benzene rings is 1.